The van der Waals surface area contributed by atoms with Crippen molar-refractivity contribution >= 4 is 5.91 Å². The molecule has 0 aromatic rings. The Hall–Kier alpha value is 1.24. The molecule has 0 saturated heterocycles. The molecule has 0 heterocycles. The molecule has 0 N–H and O–H groups in total. The van der Waals surface area contributed by atoms with Gasteiger partial charge >= 0.3 is 58.2 Å². The van der Waals surface area contributed by atoms with Crippen LogP contribution in [0, 0.1) is 0 Å². The average molecular weight is 174 g/mol. The van der Waals surface area contributed by atoms with Crippen molar-refractivity contribution in [2.75, 3.05) is 7.11 Å². The quantitative estimate of drug-likeness (QED) is 0.411. The van der Waals surface area contributed by atoms with Crippen LogP contribution in [0.25, 0.3) is 5.48 Å². The predicted molar refractivity (Wildman–Crippen MR) is 21.0 cm³/mol. The van der Waals surface area contributed by atoms with Crippen molar-refractivity contribution in [3.05, 3.63) is 5.48 Å². The van der Waals surface area contributed by atoms with Crippen LogP contribution in [0.5, 0.6) is 0 Å². The smallest absolute Gasteiger partial charge is 0.532 e. The number of hydrogen-bond donors (Lipinski definition) is 0. The molecular weight excluding hydrogens is 168 g/mol. The summed E-state index contributed by atoms with van der Waals surface area (Å²) >= 11 is 0. The van der Waals surface area contributed by atoms with Crippen LogP contribution < -0.4 is 58.2 Å². The van der Waals surface area contributed by atoms with Crippen LogP contribution in [0.15, 0.2) is 0 Å². The molecule has 4 heteroatoms. The van der Waals surface area contributed by atoms with Gasteiger partial charge in [-0.05, 0) is 6.92 Å². The van der Waals surface area contributed by atoms with Gasteiger partial charge in [0.2, 0.25) is 0 Å². The number of rotatable bonds is 1. The summed E-state index contributed by atoms with van der Waals surface area (Å²) in [6, 6.07) is 0. The van der Waals surface area contributed by atoms with Crippen molar-refractivity contribution in [3.63, 3.8) is 0 Å². The van der Waals surface area contributed by atoms with Gasteiger partial charge in [0.15, 0.2) is 0 Å². The number of carbonyl (C=O) groups excluding carboxylic acids is 1. The van der Waals surface area contributed by atoms with E-state index in [2.05, 4.69) is 10.3 Å². The summed E-state index contributed by atoms with van der Waals surface area (Å²) < 4.78 is 0. The summed E-state index contributed by atoms with van der Waals surface area (Å²) in [5.74, 6) is -0.308. The molecule has 0 spiro atoms. The zero-order valence-corrected chi connectivity index (χ0v) is 9.68. The summed E-state index contributed by atoms with van der Waals surface area (Å²) in [6.45, 7) is 1.32. The molecule has 0 aliphatic carbocycles. The van der Waals surface area contributed by atoms with Crippen molar-refractivity contribution in [2.24, 2.45) is 0 Å². The van der Waals surface area contributed by atoms with Crippen molar-refractivity contribution in [1.82, 2.24) is 0 Å². The molecule has 0 bridgehead atoms. The Morgan fingerprint density at radius 1 is 1.71 bits per heavy atom. The Morgan fingerprint density at radius 3 is 2.14 bits per heavy atom. The molecule has 0 aromatic carbocycles. The van der Waals surface area contributed by atoms with Crippen LogP contribution in [0.2, 0.25) is 0 Å². The maximum atomic E-state index is 9.75. The summed E-state index contributed by atoms with van der Waals surface area (Å²) in [5, 5.41) is 0. The Kier molecular flexibility index (Phi) is 11.5. The molecule has 0 aliphatic heterocycles. The van der Waals surface area contributed by atoms with Gasteiger partial charge in [-0.15, -0.1) is 0 Å². The first-order valence-electron chi connectivity index (χ1n) is 1.52. The molecule has 0 radical (unpaired) electrons. The van der Waals surface area contributed by atoms with Crippen molar-refractivity contribution < 1.29 is 67.8 Å². The monoisotopic (exact) mass is 173 g/mol. The van der Waals surface area contributed by atoms with E-state index in [1.54, 1.807) is 0 Å². The number of carbonyl (C=O) groups is 1. The number of amides is 1. The fourth-order valence-electron chi connectivity index (χ4n) is 0.129. The molecule has 1 amide bonds. The van der Waals surface area contributed by atoms with E-state index in [1.165, 1.54) is 14.0 Å². The van der Waals surface area contributed by atoms with E-state index in [4.69, 9.17) is 0 Å². The first-order chi connectivity index (χ1) is 2.77. The number of hydrogen-bond acceptors (Lipinski definition) is 2. The first kappa shape index (κ1) is 11.1. The Morgan fingerprint density at radius 2 is 2.14 bits per heavy atom. The maximum Gasteiger partial charge on any atom is 1.00 e. The van der Waals surface area contributed by atoms with E-state index >= 15 is 0 Å². The minimum absolute atomic E-state index is 0. The molecule has 0 saturated carbocycles. The summed E-state index contributed by atoms with van der Waals surface area (Å²) in [5.41, 5.74) is 2.99. The molecule has 3 nitrogen and oxygen atoms in total. The molecular formula is C3H6NO2Rb. The Balaban J connectivity index is 0. The van der Waals surface area contributed by atoms with Crippen LogP contribution in [0.4, 0.5) is 0 Å². The van der Waals surface area contributed by atoms with Crippen LogP contribution in [0.3, 0.4) is 0 Å². The van der Waals surface area contributed by atoms with Gasteiger partial charge in [-0.2, -0.15) is 0 Å². The van der Waals surface area contributed by atoms with Crippen LogP contribution in [0.1, 0.15) is 6.92 Å². The van der Waals surface area contributed by atoms with Gasteiger partial charge < -0.3 is 15.1 Å². The van der Waals surface area contributed by atoms with Crippen LogP contribution in [-0.4, -0.2) is 13.0 Å². The van der Waals surface area contributed by atoms with Gasteiger partial charge in [0.1, 0.15) is 0 Å². The van der Waals surface area contributed by atoms with E-state index in [0.717, 1.165) is 0 Å². The summed E-state index contributed by atoms with van der Waals surface area (Å²) in [4.78, 5) is 13.8. The second-order valence-corrected chi connectivity index (χ2v) is 0.793. The fraction of sp³-hybridized carbons (Fsp3) is 0.667. The standard InChI is InChI=1S/C3H7NO2.Rb/c1-3(5)4-6-2;/h1-2H3,(H,4,5);/q;+1/p-1. The third kappa shape index (κ3) is 11.1. The average Bonchev–Trinajstić information content (AvgIpc) is 1.35. The van der Waals surface area contributed by atoms with Gasteiger partial charge in [-0.3, -0.25) is 0 Å². The summed E-state index contributed by atoms with van der Waals surface area (Å²) in [7, 11) is 1.33. The van der Waals surface area contributed by atoms with E-state index in [1.807, 2.05) is 0 Å². The zero-order valence-electron chi connectivity index (χ0n) is 4.76. The molecule has 7 heavy (non-hydrogen) atoms. The zero-order chi connectivity index (χ0) is 4.99. The maximum absolute atomic E-state index is 9.75. The topological polar surface area (TPSA) is 40.4 Å². The number of hydroxylamine groups is 1. The van der Waals surface area contributed by atoms with E-state index < -0.39 is 0 Å². The minimum atomic E-state index is -0.308. The SMILES string of the molecule is CO[N-]C(C)=O.[Rb+]. The molecule has 36 valence electrons. The third-order valence-corrected chi connectivity index (χ3v) is 0.220. The predicted octanol–water partition coefficient (Wildman–Crippen LogP) is -2.53. The van der Waals surface area contributed by atoms with Gasteiger partial charge in [0.05, 0.1) is 5.91 Å². The molecule has 0 aliphatic rings. The molecule has 0 atom stereocenters. The van der Waals surface area contributed by atoms with Crippen molar-refractivity contribution in [2.45, 2.75) is 6.92 Å². The van der Waals surface area contributed by atoms with E-state index in [-0.39, 0.29) is 64.1 Å². The Labute approximate surface area is 91.5 Å². The molecule has 0 rings (SSSR count). The van der Waals surface area contributed by atoms with E-state index in [9.17, 15) is 4.79 Å². The van der Waals surface area contributed by atoms with Gasteiger partial charge in [0, 0.05) is 7.11 Å². The second kappa shape index (κ2) is 7.24. The van der Waals surface area contributed by atoms with Gasteiger partial charge in [-0.25, -0.2) is 0 Å². The summed E-state index contributed by atoms with van der Waals surface area (Å²) in [6.07, 6.45) is 0. The minimum Gasteiger partial charge on any atom is -0.532 e. The fourth-order valence-corrected chi connectivity index (χ4v) is 0.129. The van der Waals surface area contributed by atoms with Crippen molar-refractivity contribution in [1.29, 1.82) is 0 Å². The first-order valence-corrected chi connectivity index (χ1v) is 1.52. The van der Waals surface area contributed by atoms with Crippen LogP contribution in [-0.2, 0) is 9.63 Å². The molecule has 0 fully saturated rings. The largest absolute Gasteiger partial charge is 1.00 e. The normalized spacial score (nSPS) is 6.57. The Bertz CT molecular complexity index is 56.9. The van der Waals surface area contributed by atoms with Crippen LogP contribution >= 0.6 is 0 Å². The van der Waals surface area contributed by atoms with Crippen molar-refractivity contribution in [3.8, 4) is 0 Å². The molecule has 0 aromatic heterocycles. The second-order valence-electron chi connectivity index (χ2n) is 0.793. The third-order valence-electron chi connectivity index (χ3n) is 0.220. The van der Waals surface area contributed by atoms with E-state index in [0.29, 0.717) is 0 Å². The number of nitrogens with zero attached hydrogens (tertiary/aromatic N) is 1. The van der Waals surface area contributed by atoms with Gasteiger partial charge in [0.25, 0.3) is 0 Å². The van der Waals surface area contributed by atoms with Gasteiger partial charge in [-0.1, -0.05) is 0 Å². The molecule has 0 unspecified atom stereocenters.